The molecular formula is C18H19F3N6O3. The zero-order valence-electron chi connectivity index (χ0n) is 16.2. The van der Waals surface area contributed by atoms with E-state index in [4.69, 9.17) is 4.74 Å². The molecule has 160 valence electrons. The highest BCUT2D eigenvalue weighted by molar-refractivity contribution is 5.92. The summed E-state index contributed by atoms with van der Waals surface area (Å²) in [5, 5.41) is 6.75. The molecule has 4 rings (SSSR count). The van der Waals surface area contributed by atoms with Crippen molar-refractivity contribution in [1.82, 2.24) is 19.7 Å². The molecule has 0 unspecified atom stereocenters. The molecule has 1 saturated heterocycles. The number of fused-ring (bicyclic) bond motifs is 1. The van der Waals surface area contributed by atoms with Crippen molar-refractivity contribution in [2.24, 2.45) is 0 Å². The summed E-state index contributed by atoms with van der Waals surface area (Å²) in [4.78, 5) is 31.1. The van der Waals surface area contributed by atoms with Gasteiger partial charge in [-0.3, -0.25) is 14.6 Å². The topological polar surface area (TPSA) is 92.6 Å². The van der Waals surface area contributed by atoms with Crippen molar-refractivity contribution in [3.63, 3.8) is 0 Å². The lowest BCUT2D eigenvalue weighted by Gasteiger charge is -2.29. The molecule has 0 atom stereocenters. The van der Waals surface area contributed by atoms with Crippen LogP contribution in [0.4, 0.5) is 34.1 Å². The van der Waals surface area contributed by atoms with Crippen molar-refractivity contribution in [2.45, 2.75) is 38.7 Å². The van der Waals surface area contributed by atoms with Gasteiger partial charge in [0.15, 0.2) is 0 Å². The molecule has 4 heterocycles. The SMILES string of the molecule is CC1(C)CN(c2cnn3c2CN(C(=O)Nc2ccnc(C(F)(F)F)c2)CC3)C(=O)O1. The van der Waals surface area contributed by atoms with Crippen LogP contribution in [0.1, 0.15) is 25.2 Å². The predicted molar refractivity (Wildman–Crippen MR) is 98.8 cm³/mol. The van der Waals surface area contributed by atoms with Gasteiger partial charge in [0.05, 0.1) is 37.2 Å². The van der Waals surface area contributed by atoms with Crippen LogP contribution in [-0.4, -0.2) is 50.5 Å². The summed E-state index contributed by atoms with van der Waals surface area (Å²) >= 11 is 0. The van der Waals surface area contributed by atoms with E-state index in [1.165, 1.54) is 15.9 Å². The number of hydrogen-bond acceptors (Lipinski definition) is 5. The normalized spacial score (nSPS) is 18.2. The molecule has 0 aromatic carbocycles. The molecule has 0 saturated carbocycles. The van der Waals surface area contributed by atoms with Crippen LogP contribution in [0, 0.1) is 0 Å². The molecular weight excluding hydrogens is 405 g/mol. The Morgan fingerprint density at radius 1 is 1.30 bits per heavy atom. The Balaban J connectivity index is 1.50. The number of ether oxygens (including phenoxy) is 1. The molecule has 2 aliphatic rings. The maximum Gasteiger partial charge on any atom is 0.433 e. The molecule has 12 heteroatoms. The molecule has 1 N–H and O–H groups in total. The monoisotopic (exact) mass is 424 g/mol. The summed E-state index contributed by atoms with van der Waals surface area (Å²) in [6, 6.07) is 1.51. The van der Waals surface area contributed by atoms with E-state index in [1.54, 1.807) is 24.7 Å². The van der Waals surface area contributed by atoms with E-state index in [9.17, 15) is 22.8 Å². The van der Waals surface area contributed by atoms with Gasteiger partial charge >= 0.3 is 18.3 Å². The van der Waals surface area contributed by atoms with E-state index in [-0.39, 0.29) is 12.2 Å². The molecule has 30 heavy (non-hydrogen) atoms. The molecule has 0 radical (unpaired) electrons. The van der Waals surface area contributed by atoms with Crippen molar-refractivity contribution < 1.29 is 27.5 Å². The molecule has 1 fully saturated rings. The number of nitrogens with one attached hydrogen (secondary N) is 1. The number of cyclic esters (lactones) is 1. The highest BCUT2D eigenvalue weighted by Gasteiger charge is 2.41. The number of amides is 3. The highest BCUT2D eigenvalue weighted by atomic mass is 19.4. The van der Waals surface area contributed by atoms with E-state index < -0.39 is 29.6 Å². The number of rotatable bonds is 2. The maximum atomic E-state index is 12.8. The van der Waals surface area contributed by atoms with E-state index in [0.717, 1.165) is 12.3 Å². The van der Waals surface area contributed by atoms with Gasteiger partial charge < -0.3 is 15.0 Å². The molecule has 2 aromatic rings. The third kappa shape index (κ3) is 3.76. The van der Waals surface area contributed by atoms with Crippen LogP contribution in [0.3, 0.4) is 0 Å². The Morgan fingerprint density at radius 3 is 2.73 bits per heavy atom. The first kappa shape index (κ1) is 20.0. The maximum absolute atomic E-state index is 12.8. The standard InChI is InChI=1S/C18H19F3N6O3/c1-17(2)10-26(16(29)30-17)12-8-23-27-6-5-25(9-13(12)27)15(28)24-11-3-4-22-14(7-11)18(19,20)21/h3-4,7-8H,5-6,9-10H2,1-2H3,(H,22,24,28). The number of anilines is 2. The molecule has 2 aliphatic heterocycles. The summed E-state index contributed by atoms with van der Waals surface area (Å²) < 4.78 is 45.5. The number of hydrogen-bond donors (Lipinski definition) is 1. The van der Waals surface area contributed by atoms with E-state index in [2.05, 4.69) is 15.4 Å². The van der Waals surface area contributed by atoms with Crippen LogP contribution in [-0.2, 0) is 24.0 Å². The molecule has 9 nitrogen and oxygen atoms in total. The van der Waals surface area contributed by atoms with Crippen molar-refractivity contribution in [3.8, 4) is 0 Å². The third-order valence-corrected chi connectivity index (χ3v) is 4.85. The average molecular weight is 424 g/mol. The minimum Gasteiger partial charge on any atom is -0.441 e. The summed E-state index contributed by atoms with van der Waals surface area (Å²) in [5.74, 6) is 0. The van der Waals surface area contributed by atoms with E-state index in [1.807, 2.05) is 0 Å². The fourth-order valence-corrected chi connectivity index (χ4v) is 3.45. The Kier molecular flexibility index (Phi) is 4.59. The van der Waals surface area contributed by atoms with Crippen LogP contribution in [0.25, 0.3) is 0 Å². The minimum atomic E-state index is -4.61. The third-order valence-electron chi connectivity index (χ3n) is 4.85. The van der Waals surface area contributed by atoms with Crippen molar-refractivity contribution >= 4 is 23.5 Å². The average Bonchev–Trinajstić information content (AvgIpc) is 3.19. The van der Waals surface area contributed by atoms with Crippen LogP contribution in [0.15, 0.2) is 24.5 Å². The minimum absolute atomic E-state index is 0.00787. The first-order valence-corrected chi connectivity index (χ1v) is 9.18. The highest BCUT2D eigenvalue weighted by Crippen LogP contribution is 2.32. The Morgan fingerprint density at radius 2 is 2.07 bits per heavy atom. The molecule has 0 spiro atoms. The summed E-state index contributed by atoms with van der Waals surface area (Å²) in [6.07, 6.45) is -2.56. The largest absolute Gasteiger partial charge is 0.441 e. The fraction of sp³-hybridized carbons (Fsp3) is 0.444. The van der Waals surface area contributed by atoms with Crippen molar-refractivity contribution in [1.29, 1.82) is 0 Å². The Hall–Kier alpha value is -3.31. The second-order valence-electron chi connectivity index (χ2n) is 7.69. The van der Waals surface area contributed by atoms with Gasteiger partial charge in [-0.1, -0.05) is 0 Å². The number of carbonyl (C=O) groups excluding carboxylic acids is 2. The quantitative estimate of drug-likeness (QED) is 0.800. The van der Waals surface area contributed by atoms with Gasteiger partial charge in [0.1, 0.15) is 11.3 Å². The Bertz CT molecular complexity index is 1000. The first-order chi connectivity index (χ1) is 14.0. The molecule has 0 bridgehead atoms. The van der Waals surface area contributed by atoms with Crippen molar-refractivity contribution in [2.75, 3.05) is 23.3 Å². The van der Waals surface area contributed by atoms with E-state index in [0.29, 0.717) is 31.0 Å². The van der Waals surface area contributed by atoms with Gasteiger partial charge in [-0.2, -0.15) is 18.3 Å². The molecule has 3 amide bonds. The number of nitrogens with zero attached hydrogens (tertiary/aromatic N) is 5. The Labute approximate surface area is 169 Å². The number of alkyl halides is 3. The fourth-order valence-electron chi connectivity index (χ4n) is 3.45. The summed E-state index contributed by atoms with van der Waals surface area (Å²) in [5.41, 5.74) is -0.543. The number of carbonyl (C=O) groups is 2. The number of aromatic nitrogens is 3. The van der Waals surface area contributed by atoms with Gasteiger partial charge in [-0.05, 0) is 26.0 Å². The molecule has 0 aliphatic carbocycles. The van der Waals surface area contributed by atoms with Gasteiger partial charge in [0, 0.05) is 18.4 Å². The van der Waals surface area contributed by atoms with Gasteiger partial charge in [-0.25, -0.2) is 9.59 Å². The second kappa shape index (κ2) is 6.89. The lowest BCUT2D eigenvalue weighted by atomic mass is 10.1. The van der Waals surface area contributed by atoms with Gasteiger partial charge in [0.2, 0.25) is 0 Å². The summed E-state index contributed by atoms with van der Waals surface area (Å²) in [7, 11) is 0. The van der Waals surface area contributed by atoms with Crippen LogP contribution >= 0.6 is 0 Å². The first-order valence-electron chi connectivity index (χ1n) is 9.18. The predicted octanol–water partition coefficient (Wildman–Crippen LogP) is 3.08. The lowest BCUT2D eigenvalue weighted by molar-refractivity contribution is -0.141. The van der Waals surface area contributed by atoms with Crippen LogP contribution < -0.4 is 10.2 Å². The second-order valence-corrected chi connectivity index (χ2v) is 7.69. The number of urea groups is 1. The number of pyridine rings is 1. The molecule has 2 aromatic heterocycles. The number of halogens is 3. The van der Waals surface area contributed by atoms with E-state index >= 15 is 0 Å². The zero-order chi connectivity index (χ0) is 21.7. The smallest absolute Gasteiger partial charge is 0.433 e. The van der Waals surface area contributed by atoms with Crippen LogP contribution in [0.5, 0.6) is 0 Å². The van der Waals surface area contributed by atoms with Gasteiger partial charge in [-0.15, -0.1) is 0 Å². The van der Waals surface area contributed by atoms with Gasteiger partial charge in [0.25, 0.3) is 0 Å². The zero-order valence-corrected chi connectivity index (χ0v) is 16.2. The lowest BCUT2D eigenvalue weighted by Crippen LogP contribution is -2.41. The van der Waals surface area contributed by atoms with Crippen molar-refractivity contribution in [3.05, 3.63) is 35.9 Å². The summed E-state index contributed by atoms with van der Waals surface area (Å²) in [6.45, 7) is 4.78. The van der Waals surface area contributed by atoms with Crippen LogP contribution in [0.2, 0.25) is 0 Å².